The number of carboxylic acid groups (broad SMARTS) is 1. The lowest BCUT2D eigenvalue weighted by molar-refractivity contribution is -0.147. The molecule has 2 amide bonds. The first-order valence-electron chi connectivity index (χ1n) is 12.0. The van der Waals surface area contributed by atoms with Crippen LogP contribution < -0.4 is 5.32 Å². The third-order valence-electron chi connectivity index (χ3n) is 6.87. The Balaban J connectivity index is 1.42. The van der Waals surface area contributed by atoms with Crippen LogP contribution in [0.1, 0.15) is 36.8 Å². The number of carboxylic acids is 1. The number of carbonyl (C=O) groups is 3. The maximum absolute atomic E-state index is 13.3. The van der Waals surface area contributed by atoms with E-state index in [1.165, 1.54) is 0 Å². The zero-order chi connectivity index (χ0) is 24.9. The van der Waals surface area contributed by atoms with Gasteiger partial charge in [-0.15, -0.1) is 0 Å². The predicted octanol–water partition coefficient (Wildman–Crippen LogP) is 4.22. The van der Waals surface area contributed by atoms with Gasteiger partial charge < -0.3 is 20.1 Å². The van der Waals surface area contributed by atoms with Crippen LogP contribution in [0.15, 0.2) is 48.5 Å². The molecule has 0 spiro atoms. The average molecular weight is 497 g/mol. The van der Waals surface area contributed by atoms with Crippen molar-refractivity contribution in [2.24, 2.45) is 11.8 Å². The molecule has 0 aromatic heterocycles. The van der Waals surface area contributed by atoms with E-state index in [9.17, 15) is 19.5 Å². The van der Waals surface area contributed by atoms with Gasteiger partial charge in [0.1, 0.15) is 12.6 Å². The molecule has 4 rings (SSSR count). The van der Waals surface area contributed by atoms with E-state index < -0.39 is 24.0 Å². The van der Waals surface area contributed by atoms with Crippen LogP contribution in [0.5, 0.6) is 0 Å². The first-order chi connectivity index (χ1) is 16.9. The van der Waals surface area contributed by atoms with Crippen molar-refractivity contribution in [2.45, 2.75) is 31.7 Å². The molecule has 2 unspecified atom stereocenters. The summed E-state index contributed by atoms with van der Waals surface area (Å²) in [5.74, 6) is -1.01. The SMILES string of the molecule is CSCC[C@H](NC(=O)OCC1c2ccccc2-c2ccccc21)C(=O)N1CC(C)CC(C(=O)O)C1. The van der Waals surface area contributed by atoms with Gasteiger partial charge in [0.25, 0.3) is 0 Å². The molecule has 1 aliphatic heterocycles. The molecular weight excluding hydrogens is 464 g/mol. The Kier molecular flexibility index (Phi) is 8.00. The highest BCUT2D eigenvalue weighted by Crippen LogP contribution is 2.44. The highest BCUT2D eigenvalue weighted by Gasteiger charge is 2.35. The summed E-state index contributed by atoms with van der Waals surface area (Å²) in [5, 5.41) is 12.2. The van der Waals surface area contributed by atoms with Crippen molar-refractivity contribution in [3.05, 3.63) is 59.7 Å². The fourth-order valence-corrected chi connectivity index (χ4v) is 5.68. The second kappa shape index (κ2) is 11.2. The Morgan fingerprint density at radius 2 is 1.71 bits per heavy atom. The lowest BCUT2D eigenvalue weighted by Gasteiger charge is -2.36. The van der Waals surface area contributed by atoms with Crippen LogP contribution >= 0.6 is 11.8 Å². The van der Waals surface area contributed by atoms with Gasteiger partial charge in [0.05, 0.1) is 5.92 Å². The van der Waals surface area contributed by atoms with Gasteiger partial charge in [0.15, 0.2) is 0 Å². The second-order valence-corrected chi connectivity index (χ2v) is 10.4. The van der Waals surface area contributed by atoms with Crippen LogP contribution in [0.4, 0.5) is 4.79 Å². The number of ether oxygens (including phenoxy) is 1. The standard InChI is InChI=1S/C27H32N2O5S/c1-17-13-18(26(31)32)15-29(14-17)25(30)24(11-12-35-2)28-27(33)34-16-23-21-9-5-3-7-19(21)20-8-4-6-10-22(20)23/h3-10,17-18,23-24H,11-16H2,1-2H3,(H,28,33)(H,31,32)/t17?,18?,24-/m0/s1. The molecule has 0 bridgehead atoms. The van der Waals surface area contributed by atoms with Crippen LogP contribution in [0, 0.1) is 11.8 Å². The van der Waals surface area contributed by atoms with Crippen LogP contribution in [0.2, 0.25) is 0 Å². The van der Waals surface area contributed by atoms with E-state index in [-0.39, 0.29) is 30.9 Å². The van der Waals surface area contributed by atoms with Crippen molar-refractivity contribution in [3.63, 3.8) is 0 Å². The van der Waals surface area contributed by atoms with E-state index in [4.69, 9.17) is 4.74 Å². The summed E-state index contributed by atoms with van der Waals surface area (Å²) < 4.78 is 5.65. The number of nitrogens with one attached hydrogen (secondary N) is 1. The third-order valence-corrected chi connectivity index (χ3v) is 7.51. The summed E-state index contributed by atoms with van der Waals surface area (Å²) in [6.45, 7) is 2.78. The lowest BCUT2D eigenvalue weighted by atomic mass is 9.90. The first-order valence-corrected chi connectivity index (χ1v) is 13.4. The molecule has 7 nitrogen and oxygen atoms in total. The maximum atomic E-state index is 13.3. The minimum atomic E-state index is -0.889. The Morgan fingerprint density at radius 3 is 2.31 bits per heavy atom. The Morgan fingerprint density at radius 1 is 1.09 bits per heavy atom. The fraction of sp³-hybridized carbons (Fsp3) is 0.444. The van der Waals surface area contributed by atoms with Crippen LogP contribution in [-0.2, 0) is 14.3 Å². The largest absolute Gasteiger partial charge is 0.481 e. The first kappa shape index (κ1) is 25.1. The van der Waals surface area contributed by atoms with Crippen molar-refractivity contribution in [1.82, 2.24) is 10.2 Å². The number of alkyl carbamates (subject to hydrolysis) is 1. The van der Waals surface area contributed by atoms with Gasteiger partial charge in [-0.2, -0.15) is 11.8 Å². The van der Waals surface area contributed by atoms with Gasteiger partial charge in [-0.25, -0.2) is 4.79 Å². The maximum Gasteiger partial charge on any atom is 0.407 e. The number of likely N-dealkylation sites (tertiary alicyclic amines) is 1. The minimum absolute atomic E-state index is 0.0623. The van der Waals surface area contributed by atoms with E-state index in [0.717, 1.165) is 22.3 Å². The summed E-state index contributed by atoms with van der Waals surface area (Å²) in [4.78, 5) is 39.2. The number of nitrogens with zero attached hydrogens (tertiary/aromatic N) is 1. The number of rotatable bonds is 8. The normalized spacial score (nSPS) is 20.0. The molecule has 2 N–H and O–H groups in total. The molecule has 0 radical (unpaired) electrons. The molecule has 3 atom stereocenters. The van der Waals surface area contributed by atoms with E-state index in [0.29, 0.717) is 25.1 Å². The van der Waals surface area contributed by atoms with Crippen molar-refractivity contribution in [2.75, 3.05) is 31.7 Å². The molecule has 1 saturated heterocycles. The zero-order valence-corrected chi connectivity index (χ0v) is 20.9. The molecule has 1 heterocycles. The van der Waals surface area contributed by atoms with Crippen LogP contribution in [-0.4, -0.2) is 65.7 Å². The lowest BCUT2D eigenvalue weighted by Crippen LogP contribution is -2.53. The number of aliphatic carboxylic acids is 1. The minimum Gasteiger partial charge on any atom is -0.481 e. The van der Waals surface area contributed by atoms with Gasteiger partial charge in [-0.05, 0) is 53.0 Å². The number of hydrogen-bond acceptors (Lipinski definition) is 5. The number of fused-ring (bicyclic) bond motifs is 3. The number of hydrogen-bond donors (Lipinski definition) is 2. The van der Waals surface area contributed by atoms with E-state index in [1.807, 2.05) is 37.4 Å². The Labute approximate surface area is 210 Å². The molecule has 8 heteroatoms. The number of amides is 2. The molecule has 0 saturated carbocycles. The molecular formula is C27H32N2O5S. The number of carbonyl (C=O) groups excluding carboxylic acids is 2. The van der Waals surface area contributed by atoms with Crippen LogP contribution in [0.3, 0.4) is 0 Å². The Hall–Kier alpha value is -3.00. The topological polar surface area (TPSA) is 95.9 Å². The van der Waals surface area contributed by atoms with Gasteiger partial charge in [0, 0.05) is 19.0 Å². The van der Waals surface area contributed by atoms with Crippen molar-refractivity contribution < 1.29 is 24.2 Å². The Bertz CT molecular complexity index is 1050. The van der Waals surface area contributed by atoms with Gasteiger partial charge in [-0.1, -0.05) is 55.5 Å². The highest BCUT2D eigenvalue weighted by molar-refractivity contribution is 7.98. The summed E-state index contributed by atoms with van der Waals surface area (Å²) in [7, 11) is 0. The molecule has 1 aliphatic carbocycles. The fourth-order valence-electron chi connectivity index (χ4n) is 5.21. The number of thioether (sulfide) groups is 1. The smallest absolute Gasteiger partial charge is 0.407 e. The van der Waals surface area contributed by atoms with Crippen molar-refractivity contribution in [3.8, 4) is 11.1 Å². The summed E-state index contributed by atoms with van der Waals surface area (Å²) in [6, 6.07) is 15.5. The highest BCUT2D eigenvalue weighted by atomic mass is 32.2. The van der Waals surface area contributed by atoms with Gasteiger partial charge in [-0.3, -0.25) is 9.59 Å². The summed E-state index contributed by atoms with van der Waals surface area (Å²) in [5.41, 5.74) is 4.55. The molecule has 1 fully saturated rings. The van der Waals surface area contributed by atoms with Gasteiger partial charge >= 0.3 is 12.1 Å². The average Bonchev–Trinajstić information content (AvgIpc) is 3.18. The zero-order valence-electron chi connectivity index (χ0n) is 20.1. The summed E-state index contributed by atoms with van der Waals surface area (Å²) in [6.07, 6.45) is 2.31. The monoisotopic (exact) mass is 496 g/mol. The predicted molar refractivity (Wildman–Crippen MR) is 136 cm³/mol. The molecule has 35 heavy (non-hydrogen) atoms. The van der Waals surface area contributed by atoms with Gasteiger partial charge in [0.2, 0.25) is 5.91 Å². The molecule has 2 aromatic rings. The number of benzene rings is 2. The quantitative estimate of drug-likeness (QED) is 0.568. The van der Waals surface area contributed by atoms with E-state index >= 15 is 0 Å². The number of piperidine rings is 1. The third kappa shape index (κ3) is 5.64. The molecule has 2 aromatic carbocycles. The van der Waals surface area contributed by atoms with E-state index in [2.05, 4.69) is 29.6 Å². The van der Waals surface area contributed by atoms with E-state index in [1.54, 1.807) is 16.7 Å². The van der Waals surface area contributed by atoms with Crippen LogP contribution in [0.25, 0.3) is 11.1 Å². The van der Waals surface area contributed by atoms with Crippen molar-refractivity contribution >= 4 is 29.7 Å². The molecule has 2 aliphatic rings. The second-order valence-electron chi connectivity index (χ2n) is 9.42. The molecule has 186 valence electrons. The summed E-state index contributed by atoms with van der Waals surface area (Å²) >= 11 is 1.59. The van der Waals surface area contributed by atoms with Crippen molar-refractivity contribution in [1.29, 1.82) is 0 Å².